The number of nitrogens with zero attached hydrogens (tertiary/aromatic N) is 2. The molecular formula is C18H17N3O3S3. The first-order valence-electron chi connectivity index (χ1n) is 8.08. The first kappa shape index (κ1) is 19.5. The second-order valence-electron chi connectivity index (χ2n) is 5.64. The Morgan fingerprint density at radius 1 is 1.33 bits per heavy atom. The summed E-state index contributed by atoms with van der Waals surface area (Å²) in [5, 5.41) is 5.03. The standard InChI is InChI=1S/C18H17N3O3S3/c1-11(12-3-5-13(24-2)6-4-12)15-16(23)21(18(25)27-15)9-7-14(22)20-17-19-8-10-26-17/h3-6,8,10H,7,9H2,1-2H3,(H,19,20,22)/b15-11-. The van der Waals surface area contributed by atoms with E-state index < -0.39 is 0 Å². The monoisotopic (exact) mass is 419 g/mol. The van der Waals surface area contributed by atoms with Gasteiger partial charge in [0.1, 0.15) is 10.1 Å². The van der Waals surface area contributed by atoms with Gasteiger partial charge in [-0.3, -0.25) is 14.5 Å². The van der Waals surface area contributed by atoms with Gasteiger partial charge in [-0.2, -0.15) is 0 Å². The van der Waals surface area contributed by atoms with Gasteiger partial charge in [0.25, 0.3) is 5.91 Å². The molecule has 9 heteroatoms. The molecule has 0 bridgehead atoms. The Bertz CT molecular complexity index is 892. The van der Waals surface area contributed by atoms with Crippen LogP contribution < -0.4 is 10.1 Å². The van der Waals surface area contributed by atoms with Crippen molar-refractivity contribution in [3.8, 4) is 5.75 Å². The van der Waals surface area contributed by atoms with Crippen molar-refractivity contribution in [1.82, 2.24) is 9.88 Å². The number of nitrogens with one attached hydrogen (secondary N) is 1. The number of allylic oxidation sites excluding steroid dienone is 1. The lowest BCUT2D eigenvalue weighted by Crippen LogP contribution is -2.31. The zero-order chi connectivity index (χ0) is 19.4. The zero-order valence-electron chi connectivity index (χ0n) is 14.7. The van der Waals surface area contributed by atoms with Crippen molar-refractivity contribution in [3.05, 3.63) is 46.3 Å². The van der Waals surface area contributed by atoms with Gasteiger partial charge in [-0.15, -0.1) is 11.3 Å². The Labute approximate surface area is 170 Å². The van der Waals surface area contributed by atoms with Crippen LogP contribution in [0.2, 0.25) is 0 Å². The van der Waals surface area contributed by atoms with Crippen LogP contribution in [-0.2, 0) is 9.59 Å². The van der Waals surface area contributed by atoms with Crippen LogP contribution in [0, 0.1) is 0 Å². The third-order valence-corrected chi connectivity index (χ3v) is 6.19. The fraction of sp³-hybridized carbons (Fsp3) is 0.222. The summed E-state index contributed by atoms with van der Waals surface area (Å²) >= 11 is 7.95. The second-order valence-corrected chi connectivity index (χ2v) is 8.18. The average molecular weight is 420 g/mol. The summed E-state index contributed by atoms with van der Waals surface area (Å²) in [6.45, 7) is 2.13. The number of methoxy groups -OCH3 is 1. The normalized spacial score (nSPS) is 15.9. The van der Waals surface area contributed by atoms with Crippen molar-refractivity contribution < 1.29 is 14.3 Å². The van der Waals surface area contributed by atoms with Gasteiger partial charge in [0, 0.05) is 24.5 Å². The predicted octanol–water partition coefficient (Wildman–Crippen LogP) is 3.77. The van der Waals surface area contributed by atoms with Crippen molar-refractivity contribution in [3.63, 3.8) is 0 Å². The van der Waals surface area contributed by atoms with E-state index in [1.807, 2.05) is 31.2 Å². The largest absolute Gasteiger partial charge is 0.497 e. The van der Waals surface area contributed by atoms with Gasteiger partial charge >= 0.3 is 0 Å². The van der Waals surface area contributed by atoms with E-state index in [9.17, 15) is 9.59 Å². The summed E-state index contributed by atoms with van der Waals surface area (Å²) in [6, 6.07) is 7.51. The third-order valence-electron chi connectivity index (χ3n) is 3.95. The van der Waals surface area contributed by atoms with E-state index in [1.54, 1.807) is 18.7 Å². The second kappa shape index (κ2) is 8.64. The van der Waals surface area contributed by atoms with E-state index in [0.29, 0.717) is 14.4 Å². The molecule has 2 aromatic rings. The van der Waals surface area contributed by atoms with Crippen LogP contribution in [0.25, 0.3) is 5.57 Å². The molecule has 1 aromatic heterocycles. The fourth-order valence-electron chi connectivity index (χ4n) is 2.47. The molecule has 2 heterocycles. The lowest BCUT2D eigenvalue weighted by Gasteiger charge is -2.14. The van der Waals surface area contributed by atoms with Gasteiger partial charge in [-0.05, 0) is 30.2 Å². The van der Waals surface area contributed by atoms with Crippen molar-refractivity contribution in [2.24, 2.45) is 0 Å². The first-order valence-corrected chi connectivity index (χ1v) is 10.2. The highest BCUT2D eigenvalue weighted by Crippen LogP contribution is 2.37. The molecule has 1 fully saturated rings. The first-order chi connectivity index (χ1) is 13.0. The molecule has 140 valence electrons. The number of carbonyl (C=O) groups is 2. The van der Waals surface area contributed by atoms with Crippen LogP contribution in [0.15, 0.2) is 40.7 Å². The van der Waals surface area contributed by atoms with E-state index in [1.165, 1.54) is 28.0 Å². The Balaban J connectivity index is 1.67. The van der Waals surface area contributed by atoms with Gasteiger partial charge in [-0.25, -0.2) is 4.98 Å². The Hall–Kier alpha value is -2.23. The Kier molecular flexibility index (Phi) is 6.25. The van der Waals surface area contributed by atoms with E-state index in [2.05, 4.69) is 10.3 Å². The van der Waals surface area contributed by atoms with E-state index in [0.717, 1.165) is 16.9 Å². The van der Waals surface area contributed by atoms with Crippen LogP contribution in [0.1, 0.15) is 18.9 Å². The molecular weight excluding hydrogens is 402 g/mol. The minimum atomic E-state index is -0.199. The van der Waals surface area contributed by atoms with Crippen molar-refractivity contribution in [2.75, 3.05) is 19.0 Å². The summed E-state index contributed by atoms with van der Waals surface area (Å²) in [5.74, 6) is 0.389. The number of aromatic nitrogens is 1. The maximum atomic E-state index is 12.8. The van der Waals surface area contributed by atoms with E-state index in [-0.39, 0.29) is 24.8 Å². The molecule has 1 N–H and O–H groups in total. The summed E-state index contributed by atoms with van der Waals surface area (Å²) < 4.78 is 5.63. The lowest BCUT2D eigenvalue weighted by atomic mass is 10.1. The van der Waals surface area contributed by atoms with Crippen LogP contribution in [0.5, 0.6) is 5.75 Å². The Morgan fingerprint density at radius 3 is 2.70 bits per heavy atom. The van der Waals surface area contributed by atoms with Crippen molar-refractivity contribution in [2.45, 2.75) is 13.3 Å². The quantitative estimate of drug-likeness (QED) is 0.568. The molecule has 0 aliphatic carbocycles. The summed E-state index contributed by atoms with van der Waals surface area (Å²) in [4.78, 5) is 30.9. The number of amides is 2. The maximum Gasteiger partial charge on any atom is 0.266 e. The number of thiocarbonyl (C=S) groups is 1. The third kappa shape index (κ3) is 4.55. The molecule has 3 rings (SSSR count). The molecule has 1 aliphatic heterocycles. The summed E-state index contributed by atoms with van der Waals surface area (Å²) in [5.41, 5.74) is 1.78. The number of carbonyl (C=O) groups excluding carboxylic acids is 2. The van der Waals surface area contributed by atoms with Gasteiger partial charge in [0.2, 0.25) is 5.91 Å². The Morgan fingerprint density at radius 2 is 2.07 bits per heavy atom. The highest BCUT2D eigenvalue weighted by molar-refractivity contribution is 8.26. The number of rotatable bonds is 6. The molecule has 0 atom stereocenters. The van der Waals surface area contributed by atoms with Gasteiger partial charge in [0.15, 0.2) is 5.13 Å². The van der Waals surface area contributed by atoms with Crippen molar-refractivity contribution in [1.29, 1.82) is 0 Å². The molecule has 1 saturated heterocycles. The van der Waals surface area contributed by atoms with Crippen LogP contribution in [-0.4, -0.2) is 39.7 Å². The molecule has 1 aromatic carbocycles. The van der Waals surface area contributed by atoms with Gasteiger partial charge in [0.05, 0.1) is 12.0 Å². The van der Waals surface area contributed by atoms with Crippen LogP contribution in [0.4, 0.5) is 5.13 Å². The lowest BCUT2D eigenvalue weighted by molar-refractivity contribution is -0.122. The number of hydrogen-bond donors (Lipinski definition) is 1. The molecule has 0 saturated carbocycles. The number of ether oxygens (including phenoxy) is 1. The molecule has 1 aliphatic rings. The summed E-state index contributed by atoms with van der Waals surface area (Å²) in [6.07, 6.45) is 1.77. The van der Waals surface area contributed by atoms with E-state index in [4.69, 9.17) is 17.0 Å². The molecule has 6 nitrogen and oxygen atoms in total. The van der Waals surface area contributed by atoms with Crippen molar-refractivity contribution >= 4 is 62.2 Å². The minimum absolute atomic E-state index is 0.154. The number of benzene rings is 1. The topological polar surface area (TPSA) is 71.5 Å². The molecule has 0 spiro atoms. The average Bonchev–Trinajstić information content (AvgIpc) is 3.27. The molecule has 27 heavy (non-hydrogen) atoms. The maximum absolute atomic E-state index is 12.8. The number of thioether (sulfide) groups is 1. The minimum Gasteiger partial charge on any atom is -0.497 e. The van der Waals surface area contributed by atoms with Gasteiger partial charge in [-0.1, -0.05) is 36.1 Å². The number of hydrogen-bond acceptors (Lipinski definition) is 7. The van der Waals surface area contributed by atoms with Crippen LogP contribution in [0.3, 0.4) is 0 Å². The smallest absolute Gasteiger partial charge is 0.266 e. The number of thiazole rings is 1. The van der Waals surface area contributed by atoms with E-state index >= 15 is 0 Å². The molecule has 2 amide bonds. The highest BCUT2D eigenvalue weighted by Gasteiger charge is 2.33. The van der Waals surface area contributed by atoms with Gasteiger partial charge < -0.3 is 10.1 Å². The SMILES string of the molecule is COc1ccc(/C(C)=C2\SC(=S)N(CCC(=O)Nc3nccs3)C2=O)cc1. The summed E-state index contributed by atoms with van der Waals surface area (Å²) in [7, 11) is 1.61. The highest BCUT2D eigenvalue weighted by atomic mass is 32.2. The zero-order valence-corrected chi connectivity index (χ0v) is 17.2. The van der Waals surface area contributed by atoms with Crippen LogP contribution >= 0.6 is 35.3 Å². The fourth-order valence-corrected chi connectivity index (χ4v) is 4.37. The number of anilines is 1. The molecule has 0 unspecified atom stereocenters. The predicted molar refractivity (Wildman–Crippen MR) is 113 cm³/mol. The molecule has 0 radical (unpaired) electrons.